The number of hydrogen-bond acceptors (Lipinski definition) is 5. The van der Waals surface area contributed by atoms with Crippen LogP contribution in [0.2, 0.25) is 0 Å². The standard InChI is InChI=1S/C19H24N4O2/c1-10(2)23-11(3)13(9-22-23)16-12(8-20)18(21)25-15-7-19(4,5)6-14(24)17(15)16/h9-10,16H,6-7,21H2,1-5H3/t16-/m0/s1. The molecule has 6 heteroatoms. The molecule has 0 bridgehead atoms. The Labute approximate surface area is 147 Å². The van der Waals surface area contributed by atoms with Crippen LogP contribution in [-0.4, -0.2) is 15.6 Å². The maximum atomic E-state index is 12.9. The number of rotatable bonds is 2. The van der Waals surface area contributed by atoms with Crippen molar-refractivity contribution in [1.82, 2.24) is 9.78 Å². The first-order valence-corrected chi connectivity index (χ1v) is 8.54. The van der Waals surface area contributed by atoms with Crippen molar-refractivity contribution in [1.29, 1.82) is 5.26 Å². The van der Waals surface area contributed by atoms with Gasteiger partial charge in [-0.3, -0.25) is 9.48 Å². The van der Waals surface area contributed by atoms with Crippen molar-refractivity contribution in [3.63, 3.8) is 0 Å². The third-order valence-electron chi connectivity index (χ3n) is 4.96. The summed E-state index contributed by atoms with van der Waals surface area (Å²) in [5.74, 6) is 0.214. The summed E-state index contributed by atoms with van der Waals surface area (Å²) in [6.45, 7) is 10.1. The zero-order valence-electron chi connectivity index (χ0n) is 15.4. The summed E-state index contributed by atoms with van der Waals surface area (Å²) in [4.78, 5) is 12.9. The summed E-state index contributed by atoms with van der Waals surface area (Å²) in [6.07, 6.45) is 2.80. The molecule has 0 saturated carbocycles. The van der Waals surface area contributed by atoms with Crippen LogP contribution in [-0.2, 0) is 9.53 Å². The topological polar surface area (TPSA) is 93.9 Å². The molecule has 0 fully saturated rings. The van der Waals surface area contributed by atoms with Gasteiger partial charge in [-0.05, 0) is 26.2 Å². The van der Waals surface area contributed by atoms with E-state index in [0.717, 1.165) is 11.3 Å². The zero-order chi connectivity index (χ0) is 18.5. The van der Waals surface area contributed by atoms with Crippen molar-refractivity contribution in [2.24, 2.45) is 11.1 Å². The van der Waals surface area contributed by atoms with Gasteiger partial charge in [0.2, 0.25) is 5.88 Å². The minimum Gasteiger partial charge on any atom is -0.444 e. The molecule has 2 aliphatic rings. The summed E-state index contributed by atoms with van der Waals surface area (Å²) >= 11 is 0. The molecular weight excluding hydrogens is 316 g/mol. The molecular formula is C19H24N4O2. The summed E-state index contributed by atoms with van der Waals surface area (Å²) in [5.41, 5.74) is 8.50. The Morgan fingerprint density at radius 3 is 2.68 bits per heavy atom. The monoisotopic (exact) mass is 340 g/mol. The Morgan fingerprint density at radius 2 is 2.12 bits per heavy atom. The molecule has 6 nitrogen and oxygen atoms in total. The van der Waals surface area contributed by atoms with Crippen molar-refractivity contribution in [3.05, 3.63) is 40.2 Å². The minimum absolute atomic E-state index is 0.0215. The second kappa shape index (κ2) is 5.76. The Bertz CT molecular complexity index is 849. The van der Waals surface area contributed by atoms with Gasteiger partial charge in [-0.2, -0.15) is 10.4 Å². The van der Waals surface area contributed by atoms with Gasteiger partial charge in [0.1, 0.15) is 17.4 Å². The van der Waals surface area contributed by atoms with E-state index in [-0.39, 0.29) is 23.1 Å². The maximum absolute atomic E-state index is 12.9. The molecule has 0 aromatic carbocycles. The van der Waals surface area contributed by atoms with Gasteiger partial charge in [0, 0.05) is 35.7 Å². The van der Waals surface area contributed by atoms with Crippen LogP contribution in [0.1, 0.15) is 63.8 Å². The van der Waals surface area contributed by atoms with Crippen LogP contribution in [0, 0.1) is 23.7 Å². The lowest BCUT2D eigenvalue weighted by molar-refractivity contribution is -0.119. The zero-order valence-corrected chi connectivity index (χ0v) is 15.4. The first-order chi connectivity index (χ1) is 11.7. The highest BCUT2D eigenvalue weighted by Gasteiger charge is 2.43. The molecule has 0 spiro atoms. The van der Waals surface area contributed by atoms with E-state index in [2.05, 4.69) is 11.2 Å². The highest BCUT2D eigenvalue weighted by atomic mass is 16.5. The normalized spacial score (nSPS) is 22.8. The largest absolute Gasteiger partial charge is 0.444 e. The molecule has 2 N–H and O–H groups in total. The second-order valence-corrected chi connectivity index (χ2v) is 7.93. The van der Waals surface area contributed by atoms with E-state index in [9.17, 15) is 10.1 Å². The van der Waals surface area contributed by atoms with Gasteiger partial charge in [0.15, 0.2) is 5.78 Å². The summed E-state index contributed by atoms with van der Waals surface area (Å²) in [7, 11) is 0. The van der Waals surface area contributed by atoms with Gasteiger partial charge in [-0.1, -0.05) is 13.8 Å². The average molecular weight is 340 g/mol. The lowest BCUT2D eigenvalue weighted by atomic mass is 9.70. The Kier molecular flexibility index (Phi) is 3.98. The van der Waals surface area contributed by atoms with Crippen LogP contribution in [0.3, 0.4) is 0 Å². The quantitative estimate of drug-likeness (QED) is 0.892. The first-order valence-electron chi connectivity index (χ1n) is 8.54. The van der Waals surface area contributed by atoms with Crippen LogP contribution in [0.4, 0.5) is 0 Å². The molecule has 25 heavy (non-hydrogen) atoms. The van der Waals surface area contributed by atoms with Crippen LogP contribution >= 0.6 is 0 Å². The van der Waals surface area contributed by atoms with Gasteiger partial charge in [-0.25, -0.2) is 0 Å². The number of carbonyl (C=O) groups is 1. The van der Waals surface area contributed by atoms with Gasteiger partial charge in [-0.15, -0.1) is 0 Å². The maximum Gasteiger partial charge on any atom is 0.205 e. The molecule has 1 aromatic rings. The van der Waals surface area contributed by atoms with Crippen molar-refractivity contribution in [2.75, 3.05) is 0 Å². The number of nitrogens with two attached hydrogens (primary N) is 1. The number of ketones is 1. The predicted octanol–water partition coefficient (Wildman–Crippen LogP) is 3.22. The molecule has 0 amide bonds. The Balaban J connectivity index is 2.20. The molecule has 3 rings (SSSR count). The van der Waals surface area contributed by atoms with Crippen LogP contribution in [0.15, 0.2) is 29.0 Å². The van der Waals surface area contributed by atoms with Crippen molar-refractivity contribution in [3.8, 4) is 6.07 Å². The molecule has 0 radical (unpaired) electrons. The van der Waals surface area contributed by atoms with Gasteiger partial charge in [0.25, 0.3) is 0 Å². The van der Waals surface area contributed by atoms with E-state index < -0.39 is 5.92 Å². The van der Waals surface area contributed by atoms with E-state index in [1.165, 1.54) is 0 Å². The SMILES string of the molecule is Cc1c([C@@H]2C(C#N)=C(N)OC3=C2C(=O)CC(C)(C)C3)cnn1C(C)C. The number of nitrogens with zero attached hydrogens (tertiary/aromatic N) is 3. The molecule has 132 valence electrons. The van der Waals surface area contributed by atoms with Crippen LogP contribution in [0.5, 0.6) is 0 Å². The van der Waals surface area contributed by atoms with E-state index in [1.807, 2.05) is 39.3 Å². The van der Waals surface area contributed by atoms with Crippen LogP contribution in [0.25, 0.3) is 0 Å². The molecule has 0 saturated heterocycles. The number of aromatic nitrogens is 2. The van der Waals surface area contributed by atoms with Gasteiger partial charge in [0.05, 0.1) is 12.1 Å². The van der Waals surface area contributed by atoms with Gasteiger partial charge < -0.3 is 10.5 Å². The number of ether oxygens (including phenoxy) is 1. The smallest absolute Gasteiger partial charge is 0.205 e. The average Bonchev–Trinajstić information content (AvgIpc) is 2.86. The number of Topliss-reactive ketones (excluding diaryl/α,β-unsaturated/α-hetero) is 1. The molecule has 1 atom stereocenters. The highest BCUT2D eigenvalue weighted by molar-refractivity contribution is 6.00. The molecule has 1 aliphatic heterocycles. The predicted molar refractivity (Wildman–Crippen MR) is 93.0 cm³/mol. The number of hydrogen-bond donors (Lipinski definition) is 1. The van der Waals surface area contributed by atoms with Gasteiger partial charge >= 0.3 is 0 Å². The summed E-state index contributed by atoms with van der Waals surface area (Å²) in [6, 6.07) is 2.34. The van der Waals surface area contributed by atoms with E-state index in [4.69, 9.17) is 10.5 Å². The third-order valence-corrected chi connectivity index (χ3v) is 4.96. The minimum atomic E-state index is -0.496. The first kappa shape index (κ1) is 17.3. The fraction of sp³-hybridized carbons (Fsp3) is 0.526. The van der Waals surface area contributed by atoms with Crippen molar-refractivity contribution >= 4 is 5.78 Å². The Morgan fingerprint density at radius 1 is 1.44 bits per heavy atom. The summed E-state index contributed by atoms with van der Waals surface area (Å²) < 4.78 is 7.61. The lowest BCUT2D eigenvalue weighted by Crippen LogP contribution is -2.33. The molecule has 0 unspecified atom stereocenters. The highest BCUT2D eigenvalue weighted by Crippen LogP contribution is 2.48. The summed E-state index contributed by atoms with van der Waals surface area (Å²) in [5, 5.41) is 14.1. The fourth-order valence-corrected chi connectivity index (χ4v) is 3.84. The number of allylic oxidation sites excluding steroid dienone is 3. The van der Waals surface area contributed by atoms with Crippen molar-refractivity contribution in [2.45, 2.75) is 59.4 Å². The van der Waals surface area contributed by atoms with E-state index in [1.54, 1.807) is 6.20 Å². The molecule has 1 aromatic heterocycles. The van der Waals surface area contributed by atoms with E-state index in [0.29, 0.717) is 29.7 Å². The number of nitriles is 1. The number of carbonyl (C=O) groups excluding carboxylic acids is 1. The van der Waals surface area contributed by atoms with Crippen molar-refractivity contribution < 1.29 is 9.53 Å². The Hall–Kier alpha value is -2.55. The molecule has 1 aliphatic carbocycles. The third kappa shape index (κ3) is 2.74. The fourth-order valence-electron chi connectivity index (χ4n) is 3.84. The second-order valence-electron chi connectivity index (χ2n) is 7.93. The van der Waals surface area contributed by atoms with Crippen LogP contribution < -0.4 is 5.73 Å². The molecule has 2 heterocycles. The van der Waals surface area contributed by atoms with E-state index >= 15 is 0 Å². The lowest BCUT2D eigenvalue weighted by Gasteiger charge is -2.37.